The molecule has 4 N–H and O–H groups in total. The Labute approximate surface area is 291 Å². The summed E-state index contributed by atoms with van der Waals surface area (Å²) in [6.45, 7) is 20.0. The molecule has 5 amide bonds. The van der Waals surface area contributed by atoms with Gasteiger partial charge in [0.15, 0.2) is 0 Å². The molecular weight excluding hydrogens is 626 g/mol. The SMILES string of the molecule is C#CCCC(NC(=O)[C@@H]1[C@@H]2[C@H](CN1C(=O)[C@@H](NC(=O)N[C@H](C(=O)OC(C)(C)C)C(C)(C)C)C(C)(C)C)C21CCCC1)C(=O)C(=O)NCC=C. The van der Waals surface area contributed by atoms with Crippen LogP contribution >= 0.6 is 0 Å². The molecule has 3 aliphatic rings. The molecule has 2 saturated carbocycles. The van der Waals surface area contributed by atoms with Crippen molar-refractivity contribution in [3.63, 3.8) is 0 Å². The first-order valence-electron chi connectivity index (χ1n) is 17.4. The van der Waals surface area contributed by atoms with Crippen molar-refractivity contribution >= 4 is 35.5 Å². The number of urea groups is 1. The molecule has 1 spiro atoms. The van der Waals surface area contributed by atoms with Crippen molar-refractivity contribution in [3.8, 4) is 12.3 Å². The fraction of sp³-hybridized carbons (Fsp3) is 0.730. The van der Waals surface area contributed by atoms with Gasteiger partial charge in [0.2, 0.25) is 17.6 Å². The van der Waals surface area contributed by atoms with Gasteiger partial charge in [0.25, 0.3) is 5.91 Å². The van der Waals surface area contributed by atoms with Gasteiger partial charge in [-0.3, -0.25) is 19.2 Å². The normalized spacial score (nSPS) is 22.9. The third-order valence-corrected chi connectivity index (χ3v) is 9.90. The average molecular weight is 684 g/mol. The zero-order valence-corrected chi connectivity index (χ0v) is 30.8. The molecule has 0 aromatic rings. The predicted octanol–water partition coefficient (Wildman–Crippen LogP) is 3.24. The van der Waals surface area contributed by atoms with Crippen LogP contribution in [0.3, 0.4) is 0 Å². The summed E-state index contributed by atoms with van der Waals surface area (Å²) in [5.41, 5.74) is -2.31. The molecule has 1 saturated heterocycles. The van der Waals surface area contributed by atoms with E-state index < -0.39 is 76.1 Å². The molecule has 272 valence electrons. The number of terminal acetylenes is 1. The van der Waals surface area contributed by atoms with E-state index in [1.807, 2.05) is 20.8 Å². The van der Waals surface area contributed by atoms with Crippen LogP contribution in [0.5, 0.6) is 0 Å². The Morgan fingerprint density at radius 1 is 0.939 bits per heavy atom. The number of carbonyl (C=O) groups excluding carboxylic acids is 6. The van der Waals surface area contributed by atoms with Crippen LogP contribution in [0.2, 0.25) is 0 Å². The summed E-state index contributed by atoms with van der Waals surface area (Å²) in [4.78, 5) is 82.5. The number of amides is 5. The van der Waals surface area contributed by atoms with E-state index in [0.717, 1.165) is 25.7 Å². The second-order valence-electron chi connectivity index (χ2n) is 16.9. The number of piperidine rings is 1. The molecule has 49 heavy (non-hydrogen) atoms. The Kier molecular flexibility index (Phi) is 12.1. The molecule has 0 aromatic carbocycles. The van der Waals surface area contributed by atoms with Crippen molar-refractivity contribution in [2.75, 3.05) is 13.1 Å². The second-order valence-corrected chi connectivity index (χ2v) is 16.9. The lowest BCUT2D eigenvalue weighted by Crippen LogP contribution is -2.63. The van der Waals surface area contributed by atoms with Gasteiger partial charge in [-0.2, -0.15) is 0 Å². The minimum absolute atomic E-state index is 0.0478. The van der Waals surface area contributed by atoms with Crippen LogP contribution in [0.4, 0.5) is 4.79 Å². The van der Waals surface area contributed by atoms with Crippen LogP contribution in [-0.4, -0.2) is 83.3 Å². The first-order valence-corrected chi connectivity index (χ1v) is 17.4. The summed E-state index contributed by atoms with van der Waals surface area (Å²) >= 11 is 0. The first kappa shape index (κ1) is 39.6. The topological polar surface area (TPSA) is 163 Å². The Morgan fingerprint density at radius 2 is 1.51 bits per heavy atom. The van der Waals surface area contributed by atoms with Crippen molar-refractivity contribution in [1.82, 2.24) is 26.2 Å². The standard InChI is InChI=1S/C37H57N5O7/c1-12-14-17-23(26(43)30(45)38-20-13-2)39-29(44)25-24-22(37(24)18-15-16-19-37)21-42(25)31(46)27(34(3,4)5)40-33(48)41-28(35(6,7)8)32(47)49-36(9,10)11/h1,13,22-25,27-28H,2,14-21H2,3-11H3,(H,38,45)(H,39,44)(H2,40,41,48)/t22-,23?,24-,25-,27+,28+/m0/s1. The molecule has 12 nitrogen and oxygen atoms in total. The van der Waals surface area contributed by atoms with Crippen LogP contribution in [0.15, 0.2) is 12.7 Å². The summed E-state index contributed by atoms with van der Waals surface area (Å²) in [6.07, 6.45) is 11.1. The molecule has 12 heteroatoms. The van der Waals surface area contributed by atoms with Crippen LogP contribution in [0.25, 0.3) is 0 Å². The van der Waals surface area contributed by atoms with Gasteiger partial charge in [0.1, 0.15) is 23.7 Å². The molecule has 0 aromatic heterocycles. The van der Waals surface area contributed by atoms with Crippen molar-refractivity contribution in [1.29, 1.82) is 0 Å². The van der Waals surface area contributed by atoms with Crippen LogP contribution in [0.1, 0.15) is 101 Å². The molecule has 3 fully saturated rings. The van der Waals surface area contributed by atoms with Crippen molar-refractivity contribution in [3.05, 3.63) is 12.7 Å². The largest absolute Gasteiger partial charge is 0.458 e. The smallest absolute Gasteiger partial charge is 0.329 e. The average Bonchev–Trinajstić information content (AvgIpc) is 3.30. The van der Waals surface area contributed by atoms with Crippen LogP contribution < -0.4 is 21.3 Å². The highest BCUT2D eigenvalue weighted by Gasteiger charge is 2.74. The highest BCUT2D eigenvalue weighted by molar-refractivity contribution is 6.38. The number of ketones is 1. The fourth-order valence-corrected chi connectivity index (χ4v) is 7.50. The lowest BCUT2D eigenvalue weighted by atomic mass is 9.84. The van der Waals surface area contributed by atoms with Crippen molar-refractivity contribution in [2.24, 2.45) is 28.1 Å². The van der Waals surface area contributed by atoms with Gasteiger partial charge >= 0.3 is 12.0 Å². The molecule has 2 aliphatic carbocycles. The van der Waals surface area contributed by atoms with E-state index in [2.05, 4.69) is 33.8 Å². The molecule has 1 aliphatic heterocycles. The van der Waals surface area contributed by atoms with Crippen molar-refractivity contribution < 1.29 is 33.5 Å². The van der Waals surface area contributed by atoms with E-state index >= 15 is 0 Å². The third-order valence-electron chi connectivity index (χ3n) is 9.90. The first-order chi connectivity index (χ1) is 22.6. The lowest BCUT2D eigenvalue weighted by Gasteiger charge is -2.39. The number of Topliss-reactive ketones (excluding diaryl/α,β-unsaturated/α-hetero) is 1. The maximum absolute atomic E-state index is 14.5. The van der Waals surface area contributed by atoms with Crippen LogP contribution in [-0.2, 0) is 28.7 Å². The quantitative estimate of drug-likeness (QED) is 0.106. The molecule has 0 bridgehead atoms. The summed E-state index contributed by atoms with van der Waals surface area (Å²) in [5, 5.41) is 10.8. The molecule has 6 atom stereocenters. The fourth-order valence-electron chi connectivity index (χ4n) is 7.50. The number of ether oxygens (including phenoxy) is 1. The van der Waals surface area contributed by atoms with Gasteiger partial charge in [-0.05, 0) is 68.1 Å². The van der Waals surface area contributed by atoms with Gasteiger partial charge in [-0.1, -0.05) is 60.5 Å². The van der Waals surface area contributed by atoms with Crippen LogP contribution in [0, 0.1) is 40.4 Å². The number of esters is 1. The molecular formula is C37H57N5O7. The van der Waals surface area contributed by atoms with E-state index in [1.54, 1.807) is 41.5 Å². The number of hydrogen-bond donors (Lipinski definition) is 4. The Hall–Kier alpha value is -3.88. The summed E-state index contributed by atoms with van der Waals surface area (Å²) < 4.78 is 5.57. The number of hydrogen-bond acceptors (Lipinski definition) is 7. The number of fused-ring (bicyclic) bond motifs is 3. The van der Waals surface area contributed by atoms with Gasteiger partial charge in [0, 0.05) is 19.5 Å². The van der Waals surface area contributed by atoms with Gasteiger partial charge in [-0.15, -0.1) is 18.9 Å². The molecule has 3 rings (SSSR count). The van der Waals surface area contributed by atoms with E-state index in [1.165, 1.54) is 11.0 Å². The number of likely N-dealkylation sites (tertiary alicyclic amines) is 1. The van der Waals surface area contributed by atoms with Crippen molar-refractivity contribution in [2.45, 2.75) is 131 Å². The highest BCUT2D eigenvalue weighted by Crippen LogP contribution is 2.72. The van der Waals surface area contributed by atoms with Gasteiger partial charge < -0.3 is 30.9 Å². The maximum atomic E-state index is 14.5. The van der Waals surface area contributed by atoms with E-state index in [-0.39, 0.29) is 36.6 Å². The highest BCUT2D eigenvalue weighted by atomic mass is 16.6. The van der Waals surface area contributed by atoms with E-state index in [9.17, 15) is 28.8 Å². The molecule has 0 radical (unpaired) electrons. The third kappa shape index (κ3) is 9.22. The zero-order valence-electron chi connectivity index (χ0n) is 30.8. The number of nitrogens with zero attached hydrogens (tertiary/aromatic N) is 1. The van der Waals surface area contributed by atoms with Gasteiger partial charge in [0.05, 0.1) is 6.04 Å². The number of carbonyl (C=O) groups is 6. The number of rotatable bonds is 12. The molecule has 1 unspecified atom stereocenters. The summed E-state index contributed by atoms with van der Waals surface area (Å²) in [5.74, 6) is -0.785. The number of nitrogens with one attached hydrogen (secondary N) is 4. The Morgan fingerprint density at radius 3 is 2.02 bits per heavy atom. The maximum Gasteiger partial charge on any atom is 0.329 e. The summed E-state index contributed by atoms with van der Waals surface area (Å²) in [6, 6.07) is -4.87. The zero-order chi connectivity index (χ0) is 37.1. The predicted molar refractivity (Wildman–Crippen MR) is 186 cm³/mol. The lowest BCUT2D eigenvalue weighted by molar-refractivity contribution is -0.160. The van der Waals surface area contributed by atoms with Gasteiger partial charge in [-0.25, -0.2) is 9.59 Å². The minimum Gasteiger partial charge on any atom is -0.458 e. The summed E-state index contributed by atoms with van der Waals surface area (Å²) in [7, 11) is 0. The van der Waals surface area contributed by atoms with E-state index in [0.29, 0.717) is 6.54 Å². The Balaban J connectivity index is 1.89. The molecule has 1 heterocycles. The monoisotopic (exact) mass is 683 g/mol. The minimum atomic E-state index is -1.17. The van der Waals surface area contributed by atoms with E-state index in [4.69, 9.17) is 11.2 Å². The second kappa shape index (κ2) is 14.9. The Bertz CT molecular complexity index is 1360.